The number of hydrogen-bond acceptors (Lipinski definition) is 3. The molecule has 0 heterocycles. The van der Waals surface area contributed by atoms with Crippen molar-refractivity contribution < 1.29 is 4.79 Å². The van der Waals surface area contributed by atoms with E-state index in [1.54, 1.807) is 0 Å². The van der Waals surface area contributed by atoms with Crippen LogP contribution >= 0.6 is 0 Å². The average molecular weight is 293 g/mol. The molecule has 4 nitrogen and oxygen atoms in total. The molecule has 0 radical (unpaired) electrons. The Bertz CT molecular complexity index is 378. The van der Waals surface area contributed by atoms with Crippen molar-refractivity contribution in [1.82, 2.24) is 10.2 Å². The Balaban J connectivity index is 1.67. The lowest BCUT2D eigenvalue weighted by Crippen LogP contribution is -2.61. The van der Waals surface area contributed by atoms with Gasteiger partial charge in [0.15, 0.2) is 0 Å². The second-order valence-corrected chi connectivity index (χ2v) is 7.55. The van der Waals surface area contributed by atoms with E-state index < -0.39 is 5.54 Å². The van der Waals surface area contributed by atoms with Gasteiger partial charge < -0.3 is 16.0 Å². The van der Waals surface area contributed by atoms with Gasteiger partial charge in [-0.1, -0.05) is 6.92 Å². The molecule has 0 aromatic heterocycles. The summed E-state index contributed by atoms with van der Waals surface area (Å²) in [5.41, 5.74) is 5.38. The van der Waals surface area contributed by atoms with Gasteiger partial charge in [-0.2, -0.15) is 0 Å². The summed E-state index contributed by atoms with van der Waals surface area (Å²) in [6, 6.07) is 1.08. The largest absolute Gasteiger partial charge is 0.368 e. The monoisotopic (exact) mass is 293 g/mol. The van der Waals surface area contributed by atoms with Gasteiger partial charge in [0.1, 0.15) is 0 Å². The zero-order valence-electron chi connectivity index (χ0n) is 13.4. The molecule has 3 saturated carbocycles. The quantitative estimate of drug-likeness (QED) is 0.720. The Labute approximate surface area is 128 Å². The molecule has 0 aromatic carbocycles. The second-order valence-electron chi connectivity index (χ2n) is 7.55. The van der Waals surface area contributed by atoms with Crippen LogP contribution in [0.25, 0.3) is 0 Å². The van der Waals surface area contributed by atoms with Crippen molar-refractivity contribution in [1.29, 1.82) is 0 Å². The highest BCUT2D eigenvalue weighted by atomic mass is 16.1. The zero-order chi connectivity index (χ0) is 14.9. The Hall–Kier alpha value is -0.610. The summed E-state index contributed by atoms with van der Waals surface area (Å²) < 4.78 is 0. The van der Waals surface area contributed by atoms with Crippen LogP contribution < -0.4 is 11.1 Å². The van der Waals surface area contributed by atoms with Crippen molar-refractivity contribution in [2.45, 2.75) is 82.3 Å². The first-order valence-electron chi connectivity index (χ1n) is 8.94. The molecule has 120 valence electrons. The van der Waals surface area contributed by atoms with Gasteiger partial charge in [0.05, 0.1) is 5.54 Å². The predicted octanol–water partition coefficient (Wildman–Crippen LogP) is 2.03. The first-order chi connectivity index (χ1) is 10.1. The first kappa shape index (κ1) is 15.3. The van der Waals surface area contributed by atoms with Crippen molar-refractivity contribution >= 4 is 5.91 Å². The molecule has 21 heavy (non-hydrogen) atoms. The molecule has 0 aromatic rings. The van der Waals surface area contributed by atoms with Crippen LogP contribution in [0.1, 0.15) is 64.7 Å². The summed E-state index contributed by atoms with van der Waals surface area (Å²) >= 11 is 0. The molecular formula is C17H31N3O. The lowest BCUT2D eigenvalue weighted by molar-refractivity contribution is -0.127. The minimum atomic E-state index is -0.431. The maximum Gasteiger partial charge on any atom is 0.237 e. The van der Waals surface area contributed by atoms with Crippen LogP contribution in [-0.4, -0.2) is 41.5 Å². The third-order valence-corrected chi connectivity index (χ3v) is 5.47. The van der Waals surface area contributed by atoms with E-state index in [4.69, 9.17) is 5.73 Å². The SMILES string of the molecule is CCCN(CC1CC1)C1CCCC(NC2CC2)(C(N)=O)C1. The maximum absolute atomic E-state index is 12.1. The molecule has 3 aliphatic rings. The van der Waals surface area contributed by atoms with E-state index in [1.807, 2.05) is 0 Å². The van der Waals surface area contributed by atoms with E-state index in [2.05, 4.69) is 17.1 Å². The van der Waals surface area contributed by atoms with Gasteiger partial charge >= 0.3 is 0 Å². The number of hydrogen-bond donors (Lipinski definition) is 2. The van der Waals surface area contributed by atoms with Crippen LogP contribution in [0.3, 0.4) is 0 Å². The summed E-state index contributed by atoms with van der Waals surface area (Å²) in [6.45, 7) is 4.66. The highest BCUT2D eigenvalue weighted by molar-refractivity contribution is 5.85. The van der Waals surface area contributed by atoms with Gasteiger partial charge in [-0.3, -0.25) is 4.79 Å². The van der Waals surface area contributed by atoms with Crippen LogP contribution in [-0.2, 0) is 4.79 Å². The lowest BCUT2D eigenvalue weighted by atomic mass is 9.77. The Morgan fingerprint density at radius 3 is 2.62 bits per heavy atom. The third kappa shape index (κ3) is 3.78. The molecule has 3 aliphatic carbocycles. The third-order valence-electron chi connectivity index (χ3n) is 5.47. The highest BCUT2D eigenvalue weighted by Gasteiger charge is 2.45. The van der Waals surface area contributed by atoms with Gasteiger partial charge in [0, 0.05) is 18.6 Å². The predicted molar refractivity (Wildman–Crippen MR) is 84.9 cm³/mol. The van der Waals surface area contributed by atoms with Gasteiger partial charge in [-0.05, 0) is 70.3 Å². The van der Waals surface area contributed by atoms with Crippen LogP contribution in [0.15, 0.2) is 0 Å². The summed E-state index contributed by atoms with van der Waals surface area (Å²) in [5.74, 6) is 0.791. The number of nitrogens with zero attached hydrogens (tertiary/aromatic N) is 1. The fourth-order valence-corrected chi connectivity index (χ4v) is 3.94. The summed E-state index contributed by atoms with van der Waals surface area (Å²) in [6.07, 6.45) is 10.6. The zero-order valence-corrected chi connectivity index (χ0v) is 13.4. The van der Waals surface area contributed by atoms with Crippen LogP contribution in [0, 0.1) is 5.92 Å². The van der Waals surface area contributed by atoms with Crippen molar-refractivity contribution in [3.63, 3.8) is 0 Å². The minimum Gasteiger partial charge on any atom is -0.368 e. The molecule has 3 N–H and O–H groups in total. The molecule has 0 spiro atoms. The Morgan fingerprint density at radius 2 is 2.05 bits per heavy atom. The van der Waals surface area contributed by atoms with Gasteiger partial charge in [-0.15, -0.1) is 0 Å². The number of amides is 1. The maximum atomic E-state index is 12.1. The van der Waals surface area contributed by atoms with E-state index in [0.29, 0.717) is 12.1 Å². The summed E-state index contributed by atoms with van der Waals surface area (Å²) in [7, 11) is 0. The lowest BCUT2D eigenvalue weighted by Gasteiger charge is -2.44. The second kappa shape index (κ2) is 6.25. The van der Waals surface area contributed by atoms with Crippen molar-refractivity contribution in [3.8, 4) is 0 Å². The van der Waals surface area contributed by atoms with E-state index in [1.165, 1.54) is 51.6 Å². The number of rotatable bonds is 8. The molecule has 1 amide bonds. The number of primary amides is 1. The molecule has 0 aliphatic heterocycles. The van der Waals surface area contributed by atoms with E-state index in [0.717, 1.165) is 25.2 Å². The molecular weight excluding hydrogens is 262 g/mol. The number of carbonyl (C=O) groups excluding carboxylic acids is 1. The molecule has 3 fully saturated rings. The number of nitrogens with two attached hydrogens (primary N) is 1. The van der Waals surface area contributed by atoms with E-state index in [-0.39, 0.29) is 5.91 Å². The first-order valence-corrected chi connectivity index (χ1v) is 8.94. The van der Waals surface area contributed by atoms with Crippen LogP contribution in [0.5, 0.6) is 0 Å². The van der Waals surface area contributed by atoms with Gasteiger partial charge in [0.25, 0.3) is 0 Å². The highest BCUT2D eigenvalue weighted by Crippen LogP contribution is 2.37. The van der Waals surface area contributed by atoms with Crippen LogP contribution in [0.4, 0.5) is 0 Å². The van der Waals surface area contributed by atoms with Gasteiger partial charge in [0.2, 0.25) is 5.91 Å². The minimum absolute atomic E-state index is 0.123. The standard InChI is InChI=1S/C17H31N3O/c1-2-10-20(12-13-5-6-13)15-4-3-9-17(11-15,16(18)21)19-14-7-8-14/h13-15,19H,2-12H2,1H3,(H2,18,21). The molecule has 0 bridgehead atoms. The van der Waals surface area contributed by atoms with Gasteiger partial charge in [-0.25, -0.2) is 0 Å². The molecule has 2 atom stereocenters. The molecule has 4 heteroatoms. The average Bonchev–Trinajstić information content (AvgIpc) is 3.34. The molecule has 3 rings (SSSR count). The Morgan fingerprint density at radius 1 is 1.29 bits per heavy atom. The summed E-state index contributed by atoms with van der Waals surface area (Å²) in [5, 5.41) is 3.60. The van der Waals surface area contributed by atoms with Crippen molar-refractivity contribution in [2.75, 3.05) is 13.1 Å². The molecule has 0 saturated heterocycles. The summed E-state index contributed by atoms with van der Waals surface area (Å²) in [4.78, 5) is 14.8. The smallest absolute Gasteiger partial charge is 0.237 e. The van der Waals surface area contributed by atoms with Crippen molar-refractivity contribution in [3.05, 3.63) is 0 Å². The fourth-order valence-electron chi connectivity index (χ4n) is 3.94. The number of nitrogens with one attached hydrogen (secondary N) is 1. The Kier molecular flexibility index (Phi) is 4.55. The molecule has 2 unspecified atom stereocenters. The van der Waals surface area contributed by atoms with E-state index in [9.17, 15) is 4.79 Å². The van der Waals surface area contributed by atoms with Crippen molar-refractivity contribution in [2.24, 2.45) is 11.7 Å². The van der Waals surface area contributed by atoms with E-state index >= 15 is 0 Å². The number of carbonyl (C=O) groups is 1. The normalized spacial score (nSPS) is 33.3. The topological polar surface area (TPSA) is 58.4 Å². The van der Waals surface area contributed by atoms with Crippen LogP contribution in [0.2, 0.25) is 0 Å². The fraction of sp³-hybridized carbons (Fsp3) is 0.941.